The summed E-state index contributed by atoms with van der Waals surface area (Å²) in [4.78, 5) is 31.2. The summed E-state index contributed by atoms with van der Waals surface area (Å²) >= 11 is 0. The van der Waals surface area contributed by atoms with Crippen LogP contribution in [0.25, 0.3) is 0 Å². The second-order valence-corrected chi connectivity index (χ2v) is 7.12. The molecule has 28 heavy (non-hydrogen) atoms. The van der Waals surface area contributed by atoms with Gasteiger partial charge in [-0.15, -0.1) is 0 Å². The maximum Gasteiger partial charge on any atom is 0.258 e. The summed E-state index contributed by atoms with van der Waals surface area (Å²) in [5, 5.41) is 2.95. The standard InChI is InChI=1S/C23H21N3O2/c1-15-11-16(2)13-19(12-15)22(27)25-20-4-3-17-7-10-26(21(17)14-20)23(28)18-5-8-24-9-6-18/h3-6,8-9,11-14H,7,10H2,1-2H3,(H,25,27). The summed E-state index contributed by atoms with van der Waals surface area (Å²) in [5.74, 6) is -0.212. The van der Waals surface area contributed by atoms with Crippen molar-refractivity contribution in [2.45, 2.75) is 20.3 Å². The zero-order chi connectivity index (χ0) is 19.7. The van der Waals surface area contributed by atoms with Crippen LogP contribution >= 0.6 is 0 Å². The molecule has 2 heterocycles. The van der Waals surface area contributed by atoms with Gasteiger partial charge in [0.25, 0.3) is 11.8 Å². The minimum Gasteiger partial charge on any atom is -0.322 e. The van der Waals surface area contributed by atoms with Crippen molar-refractivity contribution in [3.63, 3.8) is 0 Å². The number of anilines is 2. The van der Waals surface area contributed by atoms with Crippen molar-refractivity contribution < 1.29 is 9.59 Å². The van der Waals surface area contributed by atoms with Gasteiger partial charge in [-0.3, -0.25) is 14.6 Å². The molecule has 2 amide bonds. The lowest BCUT2D eigenvalue weighted by atomic mass is 10.1. The lowest BCUT2D eigenvalue weighted by molar-refractivity contribution is 0.0988. The number of aryl methyl sites for hydroxylation is 2. The van der Waals surface area contributed by atoms with Crippen molar-refractivity contribution in [2.24, 2.45) is 0 Å². The Bertz CT molecular complexity index is 1040. The predicted octanol–water partition coefficient (Wildman–Crippen LogP) is 4.15. The van der Waals surface area contributed by atoms with Gasteiger partial charge in [-0.1, -0.05) is 23.3 Å². The van der Waals surface area contributed by atoms with Crippen LogP contribution in [-0.4, -0.2) is 23.3 Å². The Morgan fingerprint density at radius 2 is 1.64 bits per heavy atom. The van der Waals surface area contributed by atoms with E-state index in [1.54, 1.807) is 29.4 Å². The molecule has 2 aromatic carbocycles. The molecule has 5 heteroatoms. The Kier molecular flexibility index (Phi) is 4.65. The van der Waals surface area contributed by atoms with E-state index in [-0.39, 0.29) is 11.8 Å². The van der Waals surface area contributed by atoms with E-state index in [0.717, 1.165) is 28.8 Å². The molecule has 0 spiro atoms. The third-order valence-corrected chi connectivity index (χ3v) is 4.90. The van der Waals surface area contributed by atoms with E-state index in [2.05, 4.69) is 10.3 Å². The maximum absolute atomic E-state index is 12.9. The van der Waals surface area contributed by atoms with Crippen LogP contribution in [-0.2, 0) is 6.42 Å². The predicted molar refractivity (Wildman–Crippen MR) is 110 cm³/mol. The average Bonchev–Trinajstić information content (AvgIpc) is 3.10. The number of rotatable bonds is 3. The fourth-order valence-electron chi connectivity index (χ4n) is 3.63. The van der Waals surface area contributed by atoms with Gasteiger partial charge < -0.3 is 10.2 Å². The van der Waals surface area contributed by atoms with E-state index < -0.39 is 0 Å². The molecule has 1 aromatic heterocycles. The first kappa shape index (κ1) is 17.9. The number of carbonyl (C=O) groups excluding carboxylic acids is 2. The molecule has 0 aliphatic carbocycles. The van der Waals surface area contributed by atoms with Crippen LogP contribution in [0.2, 0.25) is 0 Å². The van der Waals surface area contributed by atoms with Crippen LogP contribution in [0.4, 0.5) is 11.4 Å². The highest BCUT2D eigenvalue weighted by molar-refractivity contribution is 6.08. The van der Waals surface area contributed by atoms with Crippen LogP contribution in [0, 0.1) is 13.8 Å². The molecule has 1 N–H and O–H groups in total. The molecule has 0 unspecified atom stereocenters. The van der Waals surface area contributed by atoms with Crippen LogP contribution in [0.3, 0.4) is 0 Å². The minimum atomic E-state index is -0.156. The van der Waals surface area contributed by atoms with Crippen molar-refractivity contribution in [1.82, 2.24) is 4.98 Å². The van der Waals surface area contributed by atoms with Gasteiger partial charge in [0.2, 0.25) is 0 Å². The smallest absolute Gasteiger partial charge is 0.258 e. The van der Waals surface area contributed by atoms with Crippen LogP contribution < -0.4 is 10.2 Å². The molecule has 4 rings (SSSR count). The Balaban J connectivity index is 1.58. The number of nitrogens with zero attached hydrogens (tertiary/aromatic N) is 2. The number of pyridine rings is 1. The summed E-state index contributed by atoms with van der Waals surface area (Å²) in [6.07, 6.45) is 4.03. The van der Waals surface area contributed by atoms with Gasteiger partial charge in [-0.05, 0) is 62.2 Å². The molecule has 3 aromatic rings. The third kappa shape index (κ3) is 3.51. The van der Waals surface area contributed by atoms with E-state index in [1.807, 2.05) is 50.2 Å². The first-order chi connectivity index (χ1) is 13.5. The summed E-state index contributed by atoms with van der Waals surface area (Å²) in [7, 11) is 0. The summed E-state index contributed by atoms with van der Waals surface area (Å²) in [5.41, 5.74) is 5.96. The summed E-state index contributed by atoms with van der Waals surface area (Å²) < 4.78 is 0. The first-order valence-electron chi connectivity index (χ1n) is 9.26. The van der Waals surface area contributed by atoms with E-state index in [1.165, 1.54) is 0 Å². The van der Waals surface area contributed by atoms with Gasteiger partial charge in [0.05, 0.1) is 0 Å². The van der Waals surface area contributed by atoms with Crippen LogP contribution in [0.5, 0.6) is 0 Å². The highest BCUT2D eigenvalue weighted by atomic mass is 16.2. The number of fused-ring (bicyclic) bond motifs is 1. The highest BCUT2D eigenvalue weighted by Crippen LogP contribution is 2.32. The van der Waals surface area contributed by atoms with Gasteiger partial charge in [-0.25, -0.2) is 0 Å². The quantitative estimate of drug-likeness (QED) is 0.752. The van der Waals surface area contributed by atoms with Crippen LogP contribution in [0.1, 0.15) is 37.4 Å². The van der Waals surface area contributed by atoms with Crippen molar-refractivity contribution in [1.29, 1.82) is 0 Å². The molecule has 0 bridgehead atoms. The number of amides is 2. The van der Waals surface area contributed by atoms with E-state index >= 15 is 0 Å². The fraction of sp³-hybridized carbons (Fsp3) is 0.174. The van der Waals surface area contributed by atoms with Gasteiger partial charge in [0.15, 0.2) is 0 Å². The monoisotopic (exact) mass is 371 g/mol. The average molecular weight is 371 g/mol. The molecule has 1 aliphatic rings. The zero-order valence-electron chi connectivity index (χ0n) is 15.9. The Morgan fingerprint density at radius 1 is 0.929 bits per heavy atom. The largest absolute Gasteiger partial charge is 0.322 e. The third-order valence-electron chi connectivity index (χ3n) is 4.90. The summed E-state index contributed by atoms with van der Waals surface area (Å²) in [6, 6.07) is 14.9. The Labute approximate surface area is 164 Å². The van der Waals surface area contributed by atoms with Gasteiger partial charge in [0.1, 0.15) is 0 Å². The number of aromatic nitrogens is 1. The van der Waals surface area contributed by atoms with E-state index in [9.17, 15) is 9.59 Å². The normalized spacial score (nSPS) is 12.6. The topological polar surface area (TPSA) is 62.3 Å². The number of nitrogens with one attached hydrogen (secondary N) is 1. The lowest BCUT2D eigenvalue weighted by Crippen LogP contribution is -2.28. The molecular weight excluding hydrogens is 350 g/mol. The fourth-order valence-corrected chi connectivity index (χ4v) is 3.63. The minimum absolute atomic E-state index is 0.0565. The maximum atomic E-state index is 12.9. The van der Waals surface area contributed by atoms with Gasteiger partial charge >= 0.3 is 0 Å². The second kappa shape index (κ2) is 7.27. The van der Waals surface area contributed by atoms with Crippen molar-refractivity contribution in [3.05, 3.63) is 88.7 Å². The molecule has 0 radical (unpaired) electrons. The molecule has 140 valence electrons. The molecule has 0 atom stereocenters. The van der Waals surface area contributed by atoms with Gasteiger partial charge in [0, 0.05) is 41.4 Å². The molecule has 0 saturated heterocycles. The SMILES string of the molecule is Cc1cc(C)cc(C(=O)Nc2ccc3c(c2)N(C(=O)c2ccncc2)CC3)c1. The highest BCUT2D eigenvalue weighted by Gasteiger charge is 2.26. The first-order valence-corrected chi connectivity index (χ1v) is 9.26. The second-order valence-electron chi connectivity index (χ2n) is 7.12. The Hall–Kier alpha value is -3.47. The Morgan fingerprint density at radius 3 is 2.36 bits per heavy atom. The molecule has 1 aliphatic heterocycles. The zero-order valence-corrected chi connectivity index (χ0v) is 15.9. The number of hydrogen-bond donors (Lipinski definition) is 1. The molecule has 0 saturated carbocycles. The molecule has 5 nitrogen and oxygen atoms in total. The summed E-state index contributed by atoms with van der Waals surface area (Å²) in [6.45, 7) is 4.58. The van der Waals surface area contributed by atoms with Crippen molar-refractivity contribution in [2.75, 3.05) is 16.8 Å². The number of hydrogen-bond acceptors (Lipinski definition) is 3. The number of benzene rings is 2. The van der Waals surface area contributed by atoms with E-state index in [0.29, 0.717) is 23.4 Å². The van der Waals surface area contributed by atoms with Gasteiger partial charge in [-0.2, -0.15) is 0 Å². The molecular formula is C23H21N3O2. The number of carbonyl (C=O) groups is 2. The lowest BCUT2D eigenvalue weighted by Gasteiger charge is -2.18. The van der Waals surface area contributed by atoms with Crippen molar-refractivity contribution >= 4 is 23.2 Å². The molecule has 0 fully saturated rings. The van der Waals surface area contributed by atoms with Crippen LogP contribution in [0.15, 0.2) is 60.9 Å². The van der Waals surface area contributed by atoms with E-state index in [4.69, 9.17) is 0 Å². The van der Waals surface area contributed by atoms with Crippen molar-refractivity contribution in [3.8, 4) is 0 Å².